The number of amides is 1. The van der Waals surface area contributed by atoms with Crippen LogP contribution in [0, 0.1) is 5.92 Å². The number of para-hydroxylation sites is 2. The van der Waals surface area contributed by atoms with Crippen LogP contribution in [0.2, 0.25) is 0 Å². The van der Waals surface area contributed by atoms with E-state index in [9.17, 15) is 19.8 Å². The predicted molar refractivity (Wildman–Crippen MR) is 121 cm³/mol. The van der Waals surface area contributed by atoms with Crippen molar-refractivity contribution in [3.8, 4) is 5.69 Å². The number of hydrogen-bond acceptors (Lipinski definition) is 4. The summed E-state index contributed by atoms with van der Waals surface area (Å²) in [7, 11) is 0. The second kappa shape index (κ2) is 8.12. The van der Waals surface area contributed by atoms with Crippen LogP contribution in [0.15, 0.2) is 59.4 Å². The Kier molecular flexibility index (Phi) is 5.14. The maximum Gasteiger partial charge on any atom is 0.407 e. The molecule has 164 valence electrons. The Morgan fingerprint density at radius 2 is 1.78 bits per heavy atom. The summed E-state index contributed by atoms with van der Waals surface area (Å²) in [5, 5.41) is 26.7. The van der Waals surface area contributed by atoms with Crippen molar-refractivity contribution in [2.24, 2.45) is 5.92 Å². The third-order valence-electron chi connectivity index (χ3n) is 6.34. The van der Waals surface area contributed by atoms with Crippen LogP contribution in [0.5, 0.6) is 0 Å². The van der Waals surface area contributed by atoms with Gasteiger partial charge in [0.15, 0.2) is 5.52 Å². The zero-order valence-electron chi connectivity index (χ0n) is 17.4. The van der Waals surface area contributed by atoms with E-state index in [1.165, 1.54) is 4.90 Å². The van der Waals surface area contributed by atoms with Crippen LogP contribution in [0.25, 0.3) is 27.5 Å². The molecule has 0 radical (unpaired) electrons. The zero-order valence-corrected chi connectivity index (χ0v) is 17.4. The minimum Gasteiger partial charge on any atom is -0.465 e. The van der Waals surface area contributed by atoms with E-state index in [4.69, 9.17) is 0 Å². The van der Waals surface area contributed by atoms with Gasteiger partial charge in [-0.1, -0.05) is 36.4 Å². The summed E-state index contributed by atoms with van der Waals surface area (Å²) in [6.07, 6.45) is 0.112. The Bertz CT molecular complexity index is 1340. The van der Waals surface area contributed by atoms with Crippen LogP contribution in [0.3, 0.4) is 0 Å². The lowest BCUT2D eigenvalue weighted by molar-refractivity contribution is 0.0960. The number of benzene rings is 2. The van der Waals surface area contributed by atoms with Crippen LogP contribution < -0.4 is 5.56 Å². The number of likely N-dealkylation sites (tertiary alicyclic amines) is 1. The fraction of sp³-hybridized carbons (Fsp3) is 0.292. The van der Waals surface area contributed by atoms with Gasteiger partial charge in [-0.15, -0.1) is 0 Å². The first kappa shape index (κ1) is 20.3. The van der Waals surface area contributed by atoms with E-state index in [2.05, 4.69) is 10.1 Å². The van der Waals surface area contributed by atoms with Crippen molar-refractivity contribution in [1.29, 1.82) is 0 Å². The highest BCUT2D eigenvalue weighted by atomic mass is 16.4. The molecule has 1 atom stereocenters. The average Bonchev–Trinajstić information content (AvgIpc) is 3.22. The van der Waals surface area contributed by atoms with Gasteiger partial charge in [0.05, 0.1) is 17.5 Å². The van der Waals surface area contributed by atoms with E-state index in [-0.39, 0.29) is 11.5 Å². The molecule has 1 unspecified atom stereocenters. The lowest BCUT2D eigenvalue weighted by atomic mass is 9.89. The molecule has 32 heavy (non-hydrogen) atoms. The fourth-order valence-corrected chi connectivity index (χ4v) is 4.71. The van der Waals surface area contributed by atoms with Crippen LogP contribution >= 0.6 is 0 Å². The Balaban J connectivity index is 1.62. The van der Waals surface area contributed by atoms with Crippen molar-refractivity contribution >= 4 is 27.9 Å². The van der Waals surface area contributed by atoms with Gasteiger partial charge in [0, 0.05) is 29.4 Å². The molecule has 5 rings (SSSR count). The minimum absolute atomic E-state index is 0.183. The first-order valence-electron chi connectivity index (χ1n) is 10.8. The summed E-state index contributed by atoms with van der Waals surface area (Å²) in [5.74, 6) is 0.183. The Hall–Kier alpha value is -3.65. The van der Waals surface area contributed by atoms with Crippen molar-refractivity contribution in [1.82, 2.24) is 19.7 Å². The molecule has 8 heteroatoms. The summed E-state index contributed by atoms with van der Waals surface area (Å²) in [5.41, 5.74) is 2.05. The topological polar surface area (TPSA) is 111 Å². The van der Waals surface area contributed by atoms with E-state index in [1.54, 1.807) is 4.68 Å². The number of nitrogens with one attached hydrogen (secondary N) is 1. The molecule has 2 aromatic heterocycles. The molecule has 0 spiro atoms. The van der Waals surface area contributed by atoms with E-state index >= 15 is 0 Å². The molecule has 0 bridgehead atoms. The number of H-pyrrole nitrogens is 1. The number of aromatic nitrogens is 3. The number of piperidine rings is 1. The highest BCUT2D eigenvalue weighted by Crippen LogP contribution is 2.35. The van der Waals surface area contributed by atoms with Crippen molar-refractivity contribution in [2.75, 3.05) is 13.1 Å². The largest absolute Gasteiger partial charge is 0.465 e. The maximum absolute atomic E-state index is 12.8. The van der Waals surface area contributed by atoms with Gasteiger partial charge < -0.3 is 20.1 Å². The number of aliphatic hydroxyl groups excluding tert-OH is 1. The number of nitrogens with zero attached hydrogens (tertiary/aromatic N) is 3. The Labute approximate surface area is 183 Å². The van der Waals surface area contributed by atoms with Gasteiger partial charge >= 0.3 is 6.09 Å². The molecule has 1 amide bonds. The molecular formula is C24H24N4O4. The highest BCUT2D eigenvalue weighted by molar-refractivity contribution is 6.05. The summed E-state index contributed by atoms with van der Waals surface area (Å²) < 4.78 is 1.67. The lowest BCUT2D eigenvalue weighted by Gasteiger charge is -2.31. The molecule has 8 nitrogen and oxygen atoms in total. The van der Waals surface area contributed by atoms with E-state index in [0.29, 0.717) is 54.5 Å². The van der Waals surface area contributed by atoms with Gasteiger partial charge in [-0.2, -0.15) is 5.10 Å². The maximum atomic E-state index is 12.8. The number of fused-ring (bicyclic) bond motifs is 3. The van der Waals surface area contributed by atoms with Gasteiger partial charge in [-0.3, -0.25) is 4.79 Å². The number of carbonyl (C=O) groups is 1. The minimum atomic E-state index is -0.900. The molecular weight excluding hydrogens is 408 g/mol. The van der Waals surface area contributed by atoms with Crippen molar-refractivity contribution in [2.45, 2.75) is 25.4 Å². The lowest BCUT2D eigenvalue weighted by Crippen LogP contribution is -2.37. The van der Waals surface area contributed by atoms with Crippen molar-refractivity contribution in [3.63, 3.8) is 0 Å². The Morgan fingerprint density at radius 3 is 2.50 bits per heavy atom. The summed E-state index contributed by atoms with van der Waals surface area (Å²) in [6, 6.07) is 17.0. The quantitative estimate of drug-likeness (QED) is 0.456. The summed E-state index contributed by atoms with van der Waals surface area (Å²) in [6.45, 7) is 0.933. The third-order valence-corrected chi connectivity index (χ3v) is 6.34. The van der Waals surface area contributed by atoms with Gasteiger partial charge in [-0.05, 0) is 43.4 Å². The zero-order chi connectivity index (χ0) is 22.2. The second-order valence-electron chi connectivity index (χ2n) is 8.32. The molecule has 3 N–H and O–H groups in total. The molecule has 1 fully saturated rings. The standard InChI is InChI=1S/C24H24N4O4/c29-19(14-15-10-12-27(13-11-15)24(31)32)22-20-17-8-4-5-9-18(17)25-23(30)21(20)26-28(22)16-6-2-1-3-7-16/h1-9,15,19,29H,10-14H2,(H,25,30)(H,31,32). The number of aliphatic hydroxyl groups is 1. The summed E-state index contributed by atoms with van der Waals surface area (Å²) >= 11 is 0. The molecule has 1 aliphatic rings. The number of pyridine rings is 1. The highest BCUT2D eigenvalue weighted by Gasteiger charge is 2.29. The first-order chi connectivity index (χ1) is 15.5. The second-order valence-corrected chi connectivity index (χ2v) is 8.32. The normalized spacial score (nSPS) is 16.0. The molecule has 3 heterocycles. The van der Waals surface area contributed by atoms with E-state index < -0.39 is 12.2 Å². The molecule has 0 saturated carbocycles. The van der Waals surface area contributed by atoms with Crippen LogP contribution in [-0.4, -0.2) is 49.1 Å². The number of carboxylic acid groups (broad SMARTS) is 1. The first-order valence-corrected chi connectivity index (χ1v) is 10.8. The van der Waals surface area contributed by atoms with Gasteiger partial charge in [0.25, 0.3) is 5.56 Å². The molecule has 4 aromatic rings. The van der Waals surface area contributed by atoms with E-state index in [0.717, 1.165) is 11.1 Å². The number of hydrogen-bond donors (Lipinski definition) is 3. The van der Waals surface area contributed by atoms with Crippen LogP contribution in [-0.2, 0) is 0 Å². The smallest absolute Gasteiger partial charge is 0.407 e. The van der Waals surface area contributed by atoms with Crippen molar-refractivity contribution < 1.29 is 15.0 Å². The third kappa shape index (κ3) is 3.52. The van der Waals surface area contributed by atoms with Crippen molar-refractivity contribution in [3.05, 3.63) is 70.6 Å². The SMILES string of the molecule is O=C(O)N1CCC(CC(O)c2c3c(nn2-c2ccccc2)c(=O)[nH]c2ccccc23)CC1. The monoisotopic (exact) mass is 432 g/mol. The van der Waals surface area contributed by atoms with Gasteiger partial charge in [0.2, 0.25) is 0 Å². The molecule has 2 aromatic carbocycles. The van der Waals surface area contributed by atoms with E-state index in [1.807, 2.05) is 54.6 Å². The average molecular weight is 432 g/mol. The van der Waals surface area contributed by atoms with Crippen LogP contribution in [0.1, 0.15) is 31.1 Å². The number of aromatic amines is 1. The van der Waals surface area contributed by atoms with Crippen LogP contribution in [0.4, 0.5) is 4.79 Å². The van der Waals surface area contributed by atoms with Gasteiger partial charge in [0.1, 0.15) is 0 Å². The summed E-state index contributed by atoms with van der Waals surface area (Å²) in [4.78, 5) is 28.3. The number of rotatable bonds is 4. The molecule has 1 saturated heterocycles. The fourth-order valence-electron chi connectivity index (χ4n) is 4.71. The molecule has 1 aliphatic heterocycles. The molecule has 0 aliphatic carbocycles. The predicted octanol–water partition coefficient (Wildman–Crippen LogP) is 3.68. The van der Waals surface area contributed by atoms with Gasteiger partial charge in [-0.25, -0.2) is 9.48 Å². The Morgan fingerprint density at radius 1 is 1.09 bits per heavy atom.